The van der Waals surface area contributed by atoms with Gasteiger partial charge < -0.3 is 25.2 Å². The van der Waals surface area contributed by atoms with Crippen LogP contribution in [0.2, 0.25) is 0 Å². The van der Waals surface area contributed by atoms with Crippen molar-refractivity contribution in [3.8, 4) is 11.1 Å². The lowest BCUT2D eigenvalue weighted by Gasteiger charge is -2.28. The molecule has 1 saturated heterocycles. The summed E-state index contributed by atoms with van der Waals surface area (Å²) in [5, 5.41) is 22.1. The molecule has 4 rings (SSSR count). The maximum atomic E-state index is 13.1. The van der Waals surface area contributed by atoms with Crippen molar-refractivity contribution >= 4 is 18.0 Å². The minimum absolute atomic E-state index is 0.0494. The Bertz CT molecular complexity index is 1060. The predicted octanol–water partition coefficient (Wildman–Crippen LogP) is 2.99. The molecule has 0 saturated carbocycles. The molecular formula is C26H30N2O6. The lowest BCUT2D eigenvalue weighted by atomic mass is 9.97. The van der Waals surface area contributed by atoms with Crippen molar-refractivity contribution in [3.63, 3.8) is 0 Å². The van der Waals surface area contributed by atoms with E-state index in [2.05, 4.69) is 17.4 Å². The van der Waals surface area contributed by atoms with Gasteiger partial charge in [-0.3, -0.25) is 4.79 Å². The molecular weight excluding hydrogens is 436 g/mol. The van der Waals surface area contributed by atoms with E-state index in [1.54, 1.807) is 0 Å². The summed E-state index contributed by atoms with van der Waals surface area (Å²) in [6.45, 7) is 3.68. The van der Waals surface area contributed by atoms with Gasteiger partial charge in [0.25, 0.3) is 0 Å². The minimum Gasteiger partial charge on any atom is -0.479 e. The molecule has 0 bridgehead atoms. The van der Waals surface area contributed by atoms with Crippen LogP contribution >= 0.6 is 0 Å². The van der Waals surface area contributed by atoms with Gasteiger partial charge in [-0.25, -0.2) is 9.59 Å². The molecule has 8 nitrogen and oxygen atoms in total. The number of benzene rings is 2. The topological polar surface area (TPSA) is 116 Å². The number of likely N-dealkylation sites (tertiary alicyclic amines) is 1. The zero-order valence-corrected chi connectivity index (χ0v) is 19.4. The number of aliphatic hydroxyl groups is 1. The van der Waals surface area contributed by atoms with Gasteiger partial charge in [-0.05, 0) is 28.2 Å². The number of nitrogens with one attached hydrogen (secondary N) is 1. The van der Waals surface area contributed by atoms with Crippen molar-refractivity contribution in [2.24, 2.45) is 5.92 Å². The minimum atomic E-state index is -1.96. The Morgan fingerprint density at radius 2 is 1.71 bits per heavy atom. The Morgan fingerprint density at radius 3 is 2.24 bits per heavy atom. The van der Waals surface area contributed by atoms with Crippen molar-refractivity contribution in [1.82, 2.24) is 10.2 Å². The number of β-amino-alcohol motifs (C(OH)–C–C–N with tert-alkyl or cyclic N) is 1. The molecule has 1 aliphatic carbocycles. The van der Waals surface area contributed by atoms with Crippen LogP contribution in [0.4, 0.5) is 4.79 Å². The zero-order valence-electron chi connectivity index (χ0n) is 19.4. The van der Waals surface area contributed by atoms with Crippen LogP contribution in [0, 0.1) is 5.92 Å². The van der Waals surface area contributed by atoms with Crippen molar-refractivity contribution < 1.29 is 29.3 Å². The molecule has 180 valence electrons. The van der Waals surface area contributed by atoms with E-state index in [0.717, 1.165) is 22.3 Å². The fourth-order valence-corrected chi connectivity index (χ4v) is 4.80. The molecule has 1 aliphatic heterocycles. The third-order valence-electron chi connectivity index (χ3n) is 7.05. The Morgan fingerprint density at radius 1 is 1.12 bits per heavy atom. The van der Waals surface area contributed by atoms with Gasteiger partial charge in [-0.15, -0.1) is 0 Å². The van der Waals surface area contributed by atoms with Crippen LogP contribution in [0.5, 0.6) is 0 Å². The summed E-state index contributed by atoms with van der Waals surface area (Å²) in [7, 11) is 0. The van der Waals surface area contributed by atoms with Gasteiger partial charge in [0.05, 0.1) is 6.54 Å². The molecule has 2 amide bonds. The van der Waals surface area contributed by atoms with Gasteiger partial charge in [-0.2, -0.15) is 0 Å². The smallest absolute Gasteiger partial charge is 0.407 e. The third kappa shape index (κ3) is 4.37. The van der Waals surface area contributed by atoms with Gasteiger partial charge in [0.1, 0.15) is 12.6 Å². The van der Waals surface area contributed by atoms with Crippen molar-refractivity contribution in [2.75, 3.05) is 19.7 Å². The molecule has 2 aromatic carbocycles. The van der Waals surface area contributed by atoms with Crippen LogP contribution in [0.15, 0.2) is 48.5 Å². The SMILES string of the molecule is CC[C@H](C)[C@H](NC(=O)OCC1c2ccccc2-c2ccccc21)C(=O)N1CCC(O)(C(=O)O)C1. The summed E-state index contributed by atoms with van der Waals surface area (Å²) in [5.74, 6) is -2.07. The molecule has 0 radical (unpaired) electrons. The Labute approximate surface area is 198 Å². The molecule has 1 heterocycles. The highest BCUT2D eigenvalue weighted by Crippen LogP contribution is 2.44. The monoisotopic (exact) mass is 466 g/mol. The summed E-state index contributed by atoms with van der Waals surface area (Å²) in [6, 6.07) is 15.2. The molecule has 1 unspecified atom stereocenters. The predicted molar refractivity (Wildman–Crippen MR) is 125 cm³/mol. The summed E-state index contributed by atoms with van der Waals surface area (Å²) >= 11 is 0. The van der Waals surface area contributed by atoms with E-state index >= 15 is 0 Å². The second-order valence-electron chi connectivity index (χ2n) is 9.18. The molecule has 0 spiro atoms. The number of carboxylic acids is 1. The second kappa shape index (κ2) is 9.46. The number of hydrogen-bond acceptors (Lipinski definition) is 5. The Balaban J connectivity index is 1.43. The fraction of sp³-hybridized carbons (Fsp3) is 0.423. The van der Waals surface area contributed by atoms with Crippen LogP contribution < -0.4 is 5.32 Å². The van der Waals surface area contributed by atoms with Crippen molar-refractivity contribution in [3.05, 3.63) is 59.7 Å². The third-order valence-corrected chi connectivity index (χ3v) is 7.05. The van der Waals surface area contributed by atoms with Gasteiger partial charge in [0, 0.05) is 18.9 Å². The zero-order chi connectivity index (χ0) is 24.5. The Hall–Kier alpha value is -3.39. The molecule has 3 N–H and O–H groups in total. The lowest BCUT2D eigenvalue weighted by Crippen LogP contribution is -2.52. The lowest BCUT2D eigenvalue weighted by molar-refractivity contribution is -0.157. The average molecular weight is 467 g/mol. The standard InChI is InChI=1S/C26H30N2O6/c1-3-16(2)22(23(29)28-13-12-26(33,15-28)24(30)31)27-25(32)34-14-21-19-10-6-4-8-17(19)18-9-5-7-11-20(18)21/h4-11,16,21-22,33H,3,12-15H2,1-2H3,(H,27,32)(H,30,31)/t16-,22-,26?/m0/s1. The highest BCUT2D eigenvalue weighted by atomic mass is 16.5. The summed E-state index contributed by atoms with van der Waals surface area (Å²) in [4.78, 5) is 38.5. The number of fused-ring (bicyclic) bond motifs is 3. The summed E-state index contributed by atoms with van der Waals surface area (Å²) in [6.07, 6.45) is -0.128. The highest BCUT2D eigenvalue weighted by molar-refractivity contribution is 5.88. The van der Waals surface area contributed by atoms with E-state index in [1.807, 2.05) is 50.2 Å². The first-order valence-electron chi connectivity index (χ1n) is 11.6. The first-order chi connectivity index (χ1) is 16.2. The molecule has 2 aliphatic rings. The number of nitrogens with zero attached hydrogens (tertiary/aromatic N) is 1. The number of amides is 2. The first kappa shape index (κ1) is 23.8. The van der Waals surface area contributed by atoms with Gasteiger partial charge in [-0.1, -0.05) is 68.8 Å². The van der Waals surface area contributed by atoms with E-state index in [4.69, 9.17) is 4.74 Å². The number of ether oxygens (including phenoxy) is 1. The normalized spacial score (nSPS) is 20.9. The fourth-order valence-electron chi connectivity index (χ4n) is 4.80. The number of alkyl carbamates (subject to hydrolysis) is 1. The molecule has 34 heavy (non-hydrogen) atoms. The molecule has 0 aromatic heterocycles. The van der Waals surface area contributed by atoms with Crippen molar-refractivity contribution in [1.29, 1.82) is 0 Å². The quantitative estimate of drug-likeness (QED) is 0.578. The maximum Gasteiger partial charge on any atom is 0.407 e. The number of rotatable bonds is 7. The van der Waals surface area contributed by atoms with Gasteiger partial charge >= 0.3 is 12.1 Å². The summed E-state index contributed by atoms with van der Waals surface area (Å²) in [5.41, 5.74) is 2.48. The van der Waals surface area contributed by atoms with E-state index in [-0.39, 0.29) is 38.0 Å². The van der Waals surface area contributed by atoms with Crippen LogP contribution in [-0.4, -0.2) is 64.4 Å². The molecule has 8 heteroatoms. The van der Waals surface area contributed by atoms with Gasteiger partial charge in [0.2, 0.25) is 5.91 Å². The van der Waals surface area contributed by atoms with Crippen molar-refractivity contribution in [2.45, 2.75) is 44.2 Å². The van der Waals surface area contributed by atoms with Gasteiger partial charge in [0.15, 0.2) is 5.60 Å². The van der Waals surface area contributed by atoms with Crippen LogP contribution in [0.3, 0.4) is 0 Å². The van der Waals surface area contributed by atoms with E-state index in [1.165, 1.54) is 4.90 Å². The number of carbonyl (C=O) groups excluding carboxylic acids is 2. The number of aliphatic carboxylic acids is 1. The largest absolute Gasteiger partial charge is 0.479 e. The number of carbonyl (C=O) groups is 3. The van der Waals surface area contributed by atoms with Crippen LogP contribution in [0.1, 0.15) is 43.7 Å². The number of hydrogen-bond donors (Lipinski definition) is 3. The second-order valence-corrected chi connectivity index (χ2v) is 9.18. The number of carboxylic acid groups (broad SMARTS) is 1. The Kier molecular flexibility index (Phi) is 6.61. The van der Waals surface area contributed by atoms with E-state index < -0.39 is 29.6 Å². The maximum absolute atomic E-state index is 13.1. The highest BCUT2D eigenvalue weighted by Gasteiger charge is 2.46. The first-order valence-corrected chi connectivity index (χ1v) is 11.6. The van der Waals surface area contributed by atoms with Crippen LogP contribution in [0.25, 0.3) is 11.1 Å². The van der Waals surface area contributed by atoms with E-state index in [0.29, 0.717) is 6.42 Å². The molecule has 2 aromatic rings. The van der Waals surface area contributed by atoms with E-state index in [9.17, 15) is 24.6 Å². The molecule has 3 atom stereocenters. The van der Waals surface area contributed by atoms with Crippen LogP contribution in [-0.2, 0) is 14.3 Å². The average Bonchev–Trinajstić information content (AvgIpc) is 3.40. The summed E-state index contributed by atoms with van der Waals surface area (Å²) < 4.78 is 5.59. The molecule has 1 fully saturated rings.